The third-order valence-corrected chi connectivity index (χ3v) is 8.67. The van der Waals surface area contributed by atoms with Crippen molar-refractivity contribution >= 4 is 81.6 Å². The van der Waals surface area contributed by atoms with Crippen molar-refractivity contribution in [3.05, 3.63) is 121 Å². The first kappa shape index (κ1) is 20.5. The number of nitrogens with zero attached hydrogens (tertiary/aromatic N) is 4. The lowest BCUT2D eigenvalue weighted by molar-refractivity contribution is 1.01. The minimum Gasteiger partial charge on any atom is -0.308 e. The van der Waals surface area contributed by atoms with Crippen LogP contribution < -0.4 is 0 Å². The second kappa shape index (κ2) is 7.13. The molecule has 0 spiro atoms. The fourth-order valence-electron chi connectivity index (χ4n) is 7.06. The molecule has 0 saturated heterocycles. The van der Waals surface area contributed by atoms with Gasteiger partial charge in [0, 0.05) is 43.9 Å². The number of hydrogen-bond donors (Lipinski definition) is 0. The third-order valence-electron chi connectivity index (χ3n) is 8.67. The molecule has 0 atom stereocenters. The minimum absolute atomic E-state index is 0.690. The zero-order chi connectivity index (χ0) is 25.9. The topological polar surface area (TPSA) is 35.1 Å². The largest absolute Gasteiger partial charge is 0.308 e. The summed E-state index contributed by atoms with van der Waals surface area (Å²) in [5.41, 5.74) is 6.94. The van der Waals surface area contributed by atoms with Crippen molar-refractivity contribution < 1.29 is 0 Å². The average Bonchev–Trinajstić information content (AvgIpc) is 3.65. The maximum Gasteiger partial charge on any atom is 0.235 e. The van der Waals surface area contributed by atoms with Gasteiger partial charge in [0.25, 0.3) is 0 Å². The average molecular weight is 509 g/mol. The van der Waals surface area contributed by atoms with Gasteiger partial charge in [-0.2, -0.15) is 0 Å². The van der Waals surface area contributed by atoms with E-state index in [1.807, 2.05) is 18.3 Å². The van der Waals surface area contributed by atoms with E-state index in [4.69, 9.17) is 9.97 Å². The molecule has 0 bridgehead atoms. The standard InChI is InChI=1S/C36H20N4/c1-3-11-23-21(9-1)17-18-30-32(23)34-31(40(30)36-37-20-22-10-2-6-14-27(22)38-36)19-26-24-12-4-7-15-28(24)39-29-16-8-5-13-25(29)33(34)35(26)39/h1-20H. The Balaban J connectivity index is 1.55. The van der Waals surface area contributed by atoms with Gasteiger partial charge < -0.3 is 4.40 Å². The van der Waals surface area contributed by atoms with Crippen LogP contribution in [0, 0.1) is 0 Å². The molecule has 0 radical (unpaired) electrons. The van der Waals surface area contributed by atoms with E-state index in [0.29, 0.717) is 5.95 Å². The Morgan fingerprint density at radius 3 is 2.05 bits per heavy atom. The van der Waals surface area contributed by atoms with Gasteiger partial charge in [-0.15, -0.1) is 0 Å². The molecule has 0 aliphatic carbocycles. The lowest BCUT2D eigenvalue weighted by atomic mass is 9.99. The van der Waals surface area contributed by atoms with Gasteiger partial charge in [-0.3, -0.25) is 4.57 Å². The number of aromatic nitrogens is 4. The molecule has 0 aliphatic heterocycles. The summed E-state index contributed by atoms with van der Waals surface area (Å²) in [6, 6.07) is 41.3. The molecule has 0 aliphatic rings. The van der Waals surface area contributed by atoms with Crippen LogP contribution in [0.2, 0.25) is 0 Å². The molecule has 4 heterocycles. The summed E-state index contributed by atoms with van der Waals surface area (Å²) in [7, 11) is 0. The lowest BCUT2D eigenvalue weighted by Crippen LogP contribution is -2.01. The molecule has 0 N–H and O–H groups in total. The molecule has 0 amide bonds. The molecular formula is C36H20N4. The summed E-state index contributed by atoms with van der Waals surface area (Å²) in [6.07, 6.45) is 1.94. The Kier molecular flexibility index (Phi) is 3.65. The maximum atomic E-state index is 5.09. The fourth-order valence-corrected chi connectivity index (χ4v) is 7.06. The Bertz CT molecular complexity index is 2660. The van der Waals surface area contributed by atoms with Gasteiger partial charge in [0.15, 0.2) is 0 Å². The molecule has 4 aromatic heterocycles. The van der Waals surface area contributed by atoms with Gasteiger partial charge in [-0.05, 0) is 41.1 Å². The molecule has 0 unspecified atom stereocenters. The van der Waals surface area contributed by atoms with Crippen LogP contribution in [-0.4, -0.2) is 18.9 Å². The normalized spacial score (nSPS) is 12.5. The Morgan fingerprint density at radius 2 is 1.18 bits per heavy atom. The van der Waals surface area contributed by atoms with Gasteiger partial charge in [0.2, 0.25) is 5.95 Å². The van der Waals surface area contributed by atoms with Crippen LogP contribution in [0.25, 0.3) is 87.5 Å². The van der Waals surface area contributed by atoms with Crippen molar-refractivity contribution in [1.29, 1.82) is 0 Å². The quantitative estimate of drug-likeness (QED) is 0.222. The van der Waals surface area contributed by atoms with Gasteiger partial charge >= 0.3 is 0 Å². The number of benzene rings is 6. The van der Waals surface area contributed by atoms with E-state index in [1.54, 1.807) is 0 Å². The van der Waals surface area contributed by atoms with Crippen LogP contribution in [0.3, 0.4) is 0 Å². The van der Waals surface area contributed by atoms with E-state index in [1.165, 1.54) is 59.6 Å². The first-order valence-corrected chi connectivity index (χ1v) is 13.6. The highest BCUT2D eigenvalue weighted by atomic mass is 15.2. The van der Waals surface area contributed by atoms with Crippen LogP contribution in [-0.2, 0) is 0 Å². The summed E-state index contributed by atoms with van der Waals surface area (Å²) in [4.78, 5) is 10.0. The van der Waals surface area contributed by atoms with E-state index in [2.05, 4.69) is 112 Å². The minimum atomic E-state index is 0.690. The smallest absolute Gasteiger partial charge is 0.235 e. The van der Waals surface area contributed by atoms with Gasteiger partial charge in [0.1, 0.15) is 0 Å². The number of hydrogen-bond acceptors (Lipinski definition) is 2. The van der Waals surface area contributed by atoms with Crippen LogP contribution >= 0.6 is 0 Å². The highest BCUT2D eigenvalue weighted by molar-refractivity contribution is 6.38. The van der Waals surface area contributed by atoms with Gasteiger partial charge in [0.05, 0.1) is 33.1 Å². The van der Waals surface area contributed by atoms with E-state index in [0.717, 1.165) is 21.9 Å². The molecule has 6 aromatic carbocycles. The zero-order valence-electron chi connectivity index (χ0n) is 21.3. The van der Waals surface area contributed by atoms with Crippen molar-refractivity contribution in [1.82, 2.24) is 18.9 Å². The molecule has 4 heteroatoms. The highest BCUT2D eigenvalue weighted by Crippen LogP contribution is 2.47. The molecular weight excluding hydrogens is 488 g/mol. The van der Waals surface area contributed by atoms with Crippen LogP contribution in [0.5, 0.6) is 0 Å². The van der Waals surface area contributed by atoms with E-state index in [-0.39, 0.29) is 0 Å². The number of fused-ring (bicyclic) bond motifs is 13. The predicted octanol–water partition coefficient (Wildman–Crippen LogP) is 9.03. The highest BCUT2D eigenvalue weighted by Gasteiger charge is 2.25. The second-order valence-electron chi connectivity index (χ2n) is 10.7. The monoisotopic (exact) mass is 508 g/mol. The van der Waals surface area contributed by atoms with Crippen molar-refractivity contribution in [2.45, 2.75) is 0 Å². The number of para-hydroxylation sites is 3. The molecule has 184 valence electrons. The lowest BCUT2D eigenvalue weighted by Gasteiger charge is -2.08. The van der Waals surface area contributed by atoms with Crippen molar-refractivity contribution in [2.75, 3.05) is 0 Å². The first-order chi connectivity index (χ1) is 19.9. The summed E-state index contributed by atoms with van der Waals surface area (Å²) >= 11 is 0. The first-order valence-electron chi connectivity index (χ1n) is 13.6. The Labute approximate surface area is 227 Å². The van der Waals surface area contributed by atoms with Crippen LogP contribution in [0.4, 0.5) is 0 Å². The van der Waals surface area contributed by atoms with Crippen LogP contribution in [0.15, 0.2) is 121 Å². The van der Waals surface area contributed by atoms with Crippen LogP contribution in [0.1, 0.15) is 0 Å². The summed E-state index contributed by atoms with van der Waals surface area (Å²) in [5.74, 6) is 0.690. The zero-order valence-corrected chi connectivity index (χ0v) is 21.3. The number of rotatable bonds is 1. The molecule has 10 rings (SSSR count). The molecule has 0 fully saturated rings. The van der Waals surface area contributed by atoms with Crippen molar-refractivity contribution in [3.8, 4) is 5.95 Å². The summed E-state index contributed by atoms with van der Waals surface area (Å²) < 4.78 is 4.72. The maximum absolute atomic E-state index is 5.09. The Morgan fingerprint density at radius 1 is 0.475 bits per heavy atom. The molecule has 4 nitrogen and oxygen atoms in total. The third kappa shape index (κ3) is 2.38. The summed E-state index contributed by atoms with van der Waals surface area (Å²) in [5, 5.41) is 11.1. The fraction of sp³-hybridized carbons (Fsp3) is 0. The predicted molar refractivity (Wildman–Crippen MR) is 166 cm³/mol. The van der Waals surface area contributed by atoms with E-state index < -0.39 is 0 Å². The van der Waals surface area contributed by atoms with E-state index in [9.17, 15) is 0 Å². The van der Waals surface area contributed by atoms with Crippen molar-refractivity contribution in [2.24, 2.45) is 0 Å². The van der Waals surface area contributed by atoms with Crippen molar-refractivity contribution in [3.63, 3.8) is 0 Å². The summed E-state index contributed by atoms with van der Waals surface area (Å²) in [6.45, 7) is 0. The molecule has 0 saturated carbocycles. The molecule has 40 heavy (non-hydrogen) atoms. The second-order valence-corrected chi connectivity index (χ2v) is 10.7. The SMILES string of the molecule is c1ccc2nc(-n3c4ccc5ccccc5c4c4c5c6ccccc6n6c7ccccc7c(cc43)c56)ncc2c1. The molecule has 10 aromatic rings. The van der Waals surface area contributed by atoms with E-state index >= 15 is 0 Å². The van der Waals surface area contributed by atoms with Gasteiger partial charge in [-0.1, -0.05) is 84.9 Å². The Hall–Kier alpha value is -5.48. The van der Waals surface area contributed by atoms with Gasteiger partial charge in [-0.25, -0.2) is 9.97 Å².